The summed E-state index contributed by atoms with van der Waals surface area (Å²) in [6, 6.07) is 10.4. The zero-order valence-electron chi connectivity index (χ0n) is 15.5. The van der Waals surface area contributed by atoms with Crippen LogP contribution in [-0.2, 0) is 0 Å². The second-order valence-electron chi connectivity index (χ2n) is 6.13. The molecule has 1 aromatic carbocycles. The van der Waals surface area contributed by atoms with Crippen molar-refractivity contribution in [2.45, 2.75) is 38.9 Å². The molecular weight excluding hydrogens is 368 g/mol. The number of nitro benzene ring substituents is 2. The second-order valence-corrected chi connectivity index (χ2v) is 11.3. The summed E-state index contributed by atoms with van der Waals surface area (Å²) in [5.41, 5.74) is 1.84. The van der Waals surface area contributed by atoms with Crippen LogP contribution in [0.1, 0.15) is 26.5 Å². The Morgan fingerprint density at radius 2 is 1.74 bits per heavy atom. The van der Waals surface area contributed by atoms with Gasteiger partial charge in [-0.2, -0.15) is 5.10 Å². The Kier molecular flexibility index (Phi) is 6.45. The fourth-order valence-electron chi connectivity index (χ4n) is 3.02. The van der Waals surface area contributed by atoms with Gasteiger partial charge in [0.1, 0.15) is 19.5 Å². The highest BCUT2D eigenvalue weighted by Crippen LogP contribution is 2.29. The van der Waals surface area contributed by atoms with Gasteiger partial charge in [-0.15, -0.1) is 0 Å². The van der Waals surface area contributed by atoms with Crippen LogP contribution in [0.3, 0.4) is 0 Å². The van der Waals surface area contributed by atoms with E-state index in [2.05, 4.69) is 31.3 Å². The molecule has 10 heteroatoms. The molecule has 144 valence electrons. The molecule has 0 radical (unpaired) electrons. The predicted molar refractivity (Wildman–Crippen MR) is 107 cm³/mol. The van der Waals surface area contributed by atoms with Gasteiger partial charge in [-0.25, -0.2) is 0 Å². The summed E-state index contributed by atoms with van der Waals surface area (Å²) < 4.78 is 5.94. The number of hydrogen-bond acceptors (Lipinski definition) is 7. The molecule has 1 heterocycles. The van der Waals surface area contributed by atoms with E-state index in [4.69, 9.17) is 4.42 Å². The summed E-state index contributed by atoms with van der Waals surface area (Å²) in [6.45, 7) is 6.56. The van der Waals surface area contributed by atoms with Gasteiger partial charge in [0.25, 0.3) is 5.69 Å². The molecule has 1 aromatic heterocycles. The summed E-state index contributed by atoms with van der Waals surface area (Å²) in [4.78, 5) is 20.5. The van der Waals surface area contributed by atoms with Crippen LogP contribution in [-0.4, -0.2) is 24.1 Å². The summed E-state index contributed by atoms with van der Waals surface area (Å²) in [5, 5.41) is 26.9. The molecule has 27 heavy (non-hydrogen) atoms. The van der Waals surface area contributed by atoms with Crippen LogP contribution in [0.4, 0.5) is 17.1 Å². The van der Waals surface area contributed by atoms with Crippen molar-refractivity contribution < 1.29 is 14.3 Å². The summed E-state index contributed by atoms with van der Waals surface area (Å²) in [6.07, 6.45) is 1.44. The highest BCUT2D eigenvalue weighted by Gasteiger charge is 2.32. The minimum Gasteiger partial charge on any atom is -0.465 e. The quantitative estimate of drug-likeness (QED) is 0.295. The number of nitrogens with one attached hydrogen (secondary N) is 1. The van der Waals surface area contributed by atoms with Crippen LogP contribution in [0.15, 0.2) is 39.9 Å². The van der Waals surface area contributed by atoms with E-state index in [1.807, 2.05) is 12.1 Å². The minimum absolute atomic E-state index is 0.0630. The molecule has 0 atom stereocenters. The molecular formula is C17H22N4O5Si. The lowest BCUT2D eigenvalue weighted by molar-refractivity contribution is -0.393. The molecule has 0 saturated heterocycles. The van der Waals surface area contributed by atoms with E-state index in [1.54, 1.807) is 0 Å². The van der Waals surface area contributed by atoms with Crippen molar-refractivity contribution in [1.82, 2.24) is 0 Å². The predicted octanol–water partition coefficient (Wildman–Crippen LogP) is 4.26. The van der Waals surface area contributed by atoms with Crippen molar-refractivity contribution >= 4 is 36.7 Å². The van der Waals surface area contributed by atoms with Gasteiger partial charge in [-0.1, -0.05) is 38.9 Å². The van der Waals surface area contributed by atoms with Gasteiger partial charge < -0.3 is 4.42 Å². The number of non-ortho nitro benzene ring substituents is 1. The second kappa shape index (κ2) is 8.58. The van der Waals surface area contributed by atoms with Crippen LogP contribution in [0.25, 0.3) is 0 Å². The van der Waals surface area contributed by atoms with Crippen molar-refractivity contribution in [3.63, 3.8) is 0 Å². The summed E-state index contributed by atoms with van der Waals surface area (Å²) in [5.74, 6) is 0.550. The van der Waals surface area contributed by atoms with E-state index in [0.29, 0.717) is 5.76 Å². The highest BCUT2D eigenvalue weighted by atomic mass is 28.3. The van der Waals surface area contributed by atoms with Gasteiger partial charge >= 0.3 is 5.69 Å². The Morgan fingerprint density at radius 3 is 2.30 bits per heavy atom. The number of nitro groups is 2. The molecule has 1 N–H and O–H groups in total. The van der Waals surface area contributed by atoms with E-state index in [0.717, 1.165) is 29.6 Å². The minimum atomic E-state index is -1.62. The lowest BCUT2D eigenvalue weighted by Gasteiger charge is -2.24. The number of hydrazone groups is 1. The largest absolute Gasteiger partial charge is 0.465 e. The fourth-order valence-corrected chi connectivity index (χ4v) is 6.34. The Morgan fingerprint density at radius 1 is 1.07 bits per heavy atom. The molecule has 0 spiro atoms. The summed E-state index contributed by atoms with van der Waals surface area (Å²) in [7, 11) is -1.62. The molecule has 9 nitrogen and oxygen atoms in total. The first-order valence-electron chi connectivity index (χ1n) is 8.69. The number of furan rings is 1. The third-order valence-corrected chi connectivity index (χ3v) is 10.3. The van der Waals surface area contributed by atoms with E-state index >= 15 is 0 Å². The molecule has 0 saturated carbocycles. The third kappa shape index (κ3) is 4.40. The molecule has 0 amide bonds. The van der Waals surface area contributed by atoms with E-state index < -0.39 is 23.6 Å². The Balaban J connectivity index is 2.19. The van der Waals surface area contributed by atoms with E-state index in [-0.39, 0.29) is 11.4 Å². The van der Waals surface area contributed by atoms with Crippen LogP contribution >= 0.6 is 0 Å². The molecule has 0 aliphatic heterocycles. The smallest absolute Gasteiger partial charge is 0.301 e. The molecule has 0 aliphatic rings. The first kappa shape index (κ1) is 20.3. The van der Waals surface area contributed by atoms with Crippen molar-refractivity contribution in [3.8, 4) is 0 Å². The monoisotopic (exact) mass is 390 g/mol. The van der Waals surface area contributed by atoms with Crippen molar-refractivity contribution in [3.05, 3.63) is 56.3 Å². The fraction of sp³-hybridized carbons (Fsp3) is 0.353. The van der Waals surface area contributed by atoms with Gasteiger partial charge in [-0.05, 0) is 18.2 Å². The molecule has 2 aromatic rings. The van der Waals surface area contributed by atoms with Crippen LogP contribution in [0.5, 0.6) is 0 Å². The lowest BCUT2D eigenvalue weighted by atomic mass is 10.2. The third-order valence-electron chi connectivity index (χ3n) is 4.95. The molecule has 2 rings (SSSR count). The standard InChI is InChI=1S/C17H22N4O5Si/c1-4-27(5-2,6-3)17-10-8-14(26-17)12-18-19-15-9-7-13(20(22)23)11-16(15)21(24)25/h7-12,19H,4-6H2,1-3H3/b18-12-. The number of hydrogen-bond donors (Lipinski definition) is 1. The maximum atomic E-state index is 11.1. The maximum Gasteiger partial charge on any atom is 0.301 e. The summed E-state index contributed by atoms with van der Waals surface area (Å²) >= 11 is 0. The SMILES string of the molecule is CC[Si](CC)(CC)c1ccc(/C=N\Nc2ccc([N+](=O)[O-])cc2[N+](=O)[O-])o1. The Bertz CT molecular complexity index is 852. The van der Waals surface area contributed by atoms with Gasteiger partial charge in [0, 0.05) is 6.07 Å². The van der Waals surface area contributed by atoms with Gasteiger partial charge in [-0.3, -0.25) is 25.7 Å². The zero-order chi connectivity index (χ0) is 20.0. The number of rotatable bonds is 9. The highest BCUT2D eigenvalue weighted by molar-refractivity contribution is 6.90. The van der Waals surface area contributed by atoms with Gasteiger partial charge in [0.05, 0.1) is 27.5 Å². The van der Waals surface area contributed by atoms with E-state index in [1.165, 1.54) is 18.3 Å². The lowest BCUT2D eigenvalue weighted by Crippen LogP contribution is -2.44. The maximum absolute atomic E-state index is 11.1. The molecule has 0 bridgehead atoms. The molecule has 0 fully saturated rings. The van der Waals surface area contributed by atoms with Gasteiger partial charge in [0.15, 0.2) is 0 Å². The van der Waals surface area contributed by atoms with E-state index in [9.17, 15) is 20.2 Å². The number of nitrogens with zero attached hydrogens (tertiary/aromatic N) is 3. The van der Waals surface area contributed by atoms with Crippen molar-refractivity contribution in [2.75, 3.05) is 5.43 Å². The first-order chi connectivity index (χ1) is 12.9. The normalized spacial score (nSPS) is 11.7. The Hall–Kier alpha value is -3.01. The Labute approximate surface area is 157 Å². The zero-order valence-corrected chi connectivity index (χ0v) is 16.5. The topological polar surface area (TPSA) is 124 Å². The average molecular weight is 390 g/mol. The van der Waals surface area contributed by atoms with Gasteiger partial charge in [0.2, 0.25) is 0 Å². The number of benzene rings is 1. The first-order valence-corrected chi connectivity index (χ1v) is 11.3. The van der Waals surface area contributed by atoms with Crippen LogP contribution in [0, 0.1) is 20.2 Å². The number of anilines is 1. The van der Waals surface area contributed by atoms with Crippen molar-refractivity contribution in [1.29, 1.82) is 0 Å². The van der Waals surface area contributed by atoms with Crippen LogP contribution in [0.2, 0.25) is 18.1 Å². The van der Waals surface area contributed by atoms with Crippen LogP contribution < -0.4 is 10.8 Å². The molecule has 0 aliphatic carbocycles. The molecule has 0 unspecified atom stereocenters. The average Bonchev–Trinajstić information content (AvgIpc) is 3.13. The van der Waals surface area contributed by atoms with Crippen molar-refractivity contribution in [2.24, 2.45) is 5.10 Å².